The Hall–Kier alpha value is -1.06. The van der Waals surface area contributed by atoms with Crippen LogP contribution in [0.2, 0.25) is 0 Å². The lowest BCUT2D eigenvalue weighted by molar-refractivity contribution is 0.0436. The minimum absolute atomic E-state index is 0.529. The normalized spacial score (nSPS) is 11.6. The quantitative estimate of drug-likeness (QED) is 0.613. The number of rotatable bonds is 1. The Kier molecular flexibility index (Phi) is 1.85. The predicted octanol–water partition coefficient (Wildman–Crippen LogP) is 2.15. The summed E-state index contributed by atoms with van der Waals surface area (Å²) in [5, 5.41) is 0. The number of hydrogen-bond acceptors (Lipinski definition) is 1. The molecule has 0 aliphatic carbocycles. The van der Waals surface area contributed by atoms with Gasteiger partial charge >= 0.3 is 0 Å². The Bertz CT molecular complexity index is 237. The second-order valence-electron chi connectivity index (χ2n) is 2.07. The standard InChI is InChI=1S/C7H5F3N/c1-7(9,10)6-3-2-5(8)4-11-6/h2-4H,1H2. The summed E-state index contributed by atoms with van der Waals surface area (Å²) >= 11 is 0. The highest BCUT2D eigenvalue weighted by Gasteiger charge is 2.25. The zero-order valence-electron chi connectivity index (χ0n) is 5.52. The lowest BCUT2D eigenvalue weighted by Crippen LogP contribution is -2.09. The molecule has 1 aromatic heterocycles. The van der Waals surface area contributed by atoms with E-state index in [-0.39, 0.29) is 0 Å². The topological polar surface area (TPSA) is 12.9 Å². The molecule has 0 aliphatic rings. The Morgan fingerprint density at radius 1 is 1.36 bits per heavy atom. The molecule has 0 unspecified atom stereocenters. The first-order valence-corrected chi connectivity index (χ1v) is 2.85. The molecule has 0 bridgehead atoms. The van der Waals surface area contributed by atoms with E-state index in [0.29, 0.717) is 0 Å². The summed E-state index contributed by atoms with van der Waals surface area (Å²) in [6.45, 7) is 2.55. The van der Waals surface area contributed by atoms with Crippen LogP contribution in [0.15, 0.2) is 18.3 Å². The highest BCUT2D eigenvalue weighted by molar-refractivity contribution is 5.11. The molecule has 0 saturated carbocycles. The van der Waals surface area contributed by atoms with E-state index >= 15 is 0 Å². The molecule has 0 saturated heterocycles. The van der Waals surface area contributed by atoms with Gasteiger partial charge in [0.25, 0.3) is 5.92 Å². The number of halogens is 3. The molecule has 0 N–H and O–H groups in total. The van der Waals surface area contributed by atoms with E-state index in [0.717, 1.165) is 18.3 Å². The SMILES string of the molecule is [CH2]C(F)(F)c1ccc(F)cn1. The maximum Gasteiger partial charge on any atom is 0.289 e. The summed E-state index contributed by atoms with van der Waals surface area (Å²) in [6, 6.07) is 1.82. The van der Waals surface area contributed by atoms with Crippen LogP contribution >= 0.6 is 0 Å². The van der Waals surface area contributed by atoms with Crippen LogP contribution in [-0.2, 0) is 5.92 Å². The Morgan fingerprint density at radius 3 is 2.36 bits per heavy atom. The first kappa shape index (κ1) is 8.04. The zero-order valence-corrected chi connectivity index (χ0v) is 5.52. The lowest BCUT2D eigenvalue weighted by Gasteiger charge is -2.07. The van der Waals surface area contributed by atoms with Crippen molar-refractivity contribution in [2.75, 3.05) is 0 Å². The van der Waals surface area contributed by atoms with Crippen molar-refractivity contribution in [2.45, 2.75) is 5.92 Å². The van der Waals surface area contributed by atoms with Crippen molar-refractivity contribution < 1.29 is 13.2 Å². The first-order valence-electron chi connectivity index (χ1n) is 2.85. The Balaban J connectivity index is 2.99. The molecule has 0 aromatic carbocycles. The zero-order chi connectivity index (χ0) is 8.48. The summed E-state index contributed by atoms with van der Waals surface area (Å²) in [5.41, 5.74) is -0.529. The summed E-state index contributed by atoms with van der Waals surface area (Å²) in [4.78, 5) is 3.16. The maximum atomic E-state index is 12.3. The number of alkyl halides is 2. The fourth-order valence-corrected chi connectivity index (χ4v) is 0.592. The minimum atomic E-state index is -3.24. The van der Waals surface area contributed by atoms with Crippen LogP contribution in [0.5, 0.6) is 0 Å². The van der Waals surface area contributed by atoms with Gasteiger partial charge in [-0.1, -0.05) is 0 Å². The highest BCUT2D eigenvalue weighted by atomic mass is 19.3. The third-order valence-corrected chi connectivity index (χ3v) is 1.10. The Morgan fingerprint density at radius 2 is 2.00 bits per heavy atom. The second kappa shape index (κ2) is 2.53. The first-order chi connectivity index (χ1) is 5.00. The largest absolute Gasteiger partial charge is 0.289 e. The van der Waals surface area contributed by atoms with Crippen molar-refractivity contribution in [3.8, 4) is 0 Å². The van der Waals surface area contributed by atoms with Crippen molar-refractivity contribution in [3.63, 3.8) is 0 Å². The average molecular weight is 160 g/mol. The van der Waals surface area contributed by atoms with E-state index in [1.54, 1.807) is 0 Å². The molecule has 0 amide bonds. The molecule has 0 aliphatic heterocycles. The van der Waals surface area contributed by atoms with Gasteiger partial charge < -0.3 is 0 Å². The third kappa shape index (κ3) is 1.93. The summed E-state index contributed by atoms with van der Waals surface area (Å²) < 4.78 is 36.7. The van der Waals surface area contributed by atoms with Crippen molar-refractivity contribution in [2.24, 2.45) is 0 Å². The summed E-state index contributed by atoms with van der Waals surface area (Å²) in [7, 11) is 0. The van der Waals surface area contributed by atoms with Gasteiger partial charge in [-0.3, -0.25) is 4.98 Å². The monoisotopic (exact) mass is 160 g/mol. The number of aromatic nitrogens is 1. The van der Waals surface area contributed by atoms with Crippen molar-refractivity contribution in [1.29, 1.82) is 0 Å². The van der Waals surface area contributed by atoms with Crippen molar-refractivity contribution in [3.05, 3.63) is 36.8 Å². The molecule has 1 aromatic rings. The van der Waals surface area contributed by atoms with Crippen LogP contribution in [-0.4, -0.2) is 4.98 Å². The van der Waals surface area contributed by atoms with Crippen molar-refractivity contribution >= 4 is 0 Å². The number of pyridine rings is 1. The van der Waals surface area contributed by atoms with Crippen LogP contribution in [0.25, 0.3) is 0 Å². The minimum Gasteiger partial charge on any atom is -0.252 e. The van der Waals surface area contributed by atoms with Gasteiger partial charge in [-0.2, -0.15) is 8.78 Å². The van der Waals surface area contributed by atoms with Gasteiger partial charge in [0.15, 0.2) is 0 Å². The van der Waals surface area contributed by atoms with Crippen molar-refractivity contribution in [1.82, 2.24) is 4.98 Å². The molecule has 0 fully saturated rings. The van der Waals surface area contributed by atoms with Gasteiger partial charge in [0.2, 0.25) is 0 Å². The molecule has 1 heterocycles. The van der Waals surface area contributed by atoms with Gasteiger partial charge in [-0.15, -0.1) is 0 Å². The average Bonchev–Trinajstić information content (AvgIpc) is 1.86. The fraction of sp³-hybridized carbons (Fsp3) is 0.143. The predicted molar refractivity (Wildman–Crippen MR) is 33.4 cm³/mol. The van der Waals surface area contributed by atoms with Crippen LogP contribution in [0, 0.1) is 12.7 Å². The molecule has 59 valence electrons. The fourth-order valence-electron chi connectivity index (χ4n) is 0.592. The van der Waals surface area contributed by atoms with Gasteiger partial charge in [0, 0.05) is 6.92 Å². The van der Waals surface area contributed by atoms with E-state index in [1.807, 2.05) is 0 Å². The van der Waals surface area contributed by atoms with Gasteiger partial charge in [-0.25, -0.2) is 4.39 Å². The molecule has 1 rings (SSSR count). The maximum absolute atomic E-state index is 12.3. The summed E-state index contributed by atoms with van der Waals surface area (Å²) in [5.74, 6) is -3.88. The van der Waals surface area contributed by atoms with Crippen LogP contribution in [0.3, 0.4) is 0 Å². The summed E-state index contributed by atoms with van der Waals surface area (Å²) in [6.07, 6.45) is 0.731. The van der Waals surface area contributed by atoms with E-state index < -0.39 is 17.4 Å². The smallest absolute Gasteiger partial charge is 0.252 e. The van der Waals surface area contributed by atoms with Crippen LogP contribution in [0.1, 0.15) is 5.69 Å². The van der Waals surface area contributed by atoms with Crippen LogP contribution in [0.4, 0.5) is 13.2 Å². The number of nitrogens with zero attached hydrogens (tertiary/aromatic N) is 1. The molecule has 0 spiro atoms. The lowest BCUT2D eigenvalue weighted by atomic mass is 10.2. The van der Waals surface area contributed by atoms with E-state index in [2.05, 4.69) is 11.9 Å². The Labute approximate surface area is 61.9 Å². The third-order valence-electron chi connectivity index (χ3n) is 1.10. The molecule has 1 nitrogen and oxygen atoms in total. The van der Waals surface area contributed by atoms with E-state index in [4.69, 9.17) is 0 Å². The molecule has 0 atom stereocenters. The van der Waals surface area contributed by atoms with Crippen LogP contribution < -0.4 is 0 Å². The molecular formula is C7H5F3N. The number of hydrogen-bond donors (Lipinski definition) is 0. The second-order valence-corrected chi connectivity index (χ2v) is 2.07. The molecule has 1 radical (unpaired) electrons. The van der Waals surface area contributed by atoms with E-state index in [1.165, 1.54) is 0 Å². The highest BCUT2D eigenvalue weighted by Crippen LogP contribution is 2.23. The van der Waals surface area contributed by atoms with Gasteiger partial charge in [0.05, 0.1) is 6.20 Å². The molecule has 4 heteroatoms. The molecule has 11 heavy (non-hydrogen) atoms. The van der Waals surface area contributed by atoms with Gasteiger partial charge in [-0.05, 0) is 12.1 Å². The molecular weight excluding hydrogens is 155 g/mol. The van der Waals surface area contributed by atoms with Gasteiger partial charge in [0.1, 0.15) is 11.5 Å². The van der Waals surface area contributed by atoms with E-state index in [9.17, 15) is 13.2 Å².